The molecule has 0 atom stereocenters. The van der Waals surface area contributed by atoms with Crippen molar-refractivity contribution in [3.8, 4) is 5.75 Å². The van der Waals surface area contributed by atoms with Gasteiger partial charge in [-0.3, -0.25) is 4.90 Å². The maximum atomic E-state index is 13.6. The first-order valence-electron chi connectivity index (χ1n) is 9.35. The zero-order valence-corrected chi connectivity index (χ0v) is 16.2. The molecule has 0 radical (unpaired) electrons. The maximum Gasteiger partial charge on any atom is 0.190 e. The first-order valence-corrected chi connectivity index (χ1v) is 9.35. The van der Waals surface area contributed by atoms with Crippen molar-refractivity contribution in [2.45, 2.75) is 13.5 Å². The zero-order valence-electron chi connectivity index (χ0n) is 16.2. The number of hydrogen-bond donors (Lipinski definition) is 0. The van der Waals surface area contributed by atoms with Crippen LogP contribution in [0.4, 0.5) is 8.78 Å². The van der Waals surface area contributed by atoms with Gasteiger partial charge in [0.25, 0.3) is 0 Å². The highest BCUT2D eigenvalue weighted by Crippen LogP contribution is 2.24. The van der Waals surface area contributed by atoms with Crippen LogP contribution < -0.4 is 4.74 Å². The Labute approximate surface area is 163 Å². The lowest BCUT2D eigenvalue weighted by Gasteiger charge is -2.26. The molecule has 2 aromatic carbocycles. The summed E-state index contributed by atoms with van der Waals surface area (Å²) in [4.78, 5) is 6.29. The van der Waals surface area contributed by atoms with Crippen LogP contribution >= 0.6 is 0 Å². The fraction of sp³-hybridized carbons (Fsp3) is 0.381. The number of aryl methyl sites for hydroxylation is 1. The molecule has 7 heteroatoms. The van der Waals surface area contributed by atoms with Gasteiger partial charge in [-0.15, -0.1) is 0 Å². The summed E-state index contributed by atoms with van der Waals surface area (Å²) in [5.41, 5.74) is 2.86. The van der Waals surface area contributed by atoms with E-state index in [4.69, 9.17) is 9.47 Å². The number of nitrogens with zero attached hydrogens (tertiary/aromatic N) is 3. The summed E-state index contributed by atoms with van der Waals surface area (Å²) >= 11 is 0. The van der Waals surface area contributed by atoms with Crippen LogP contribution in [0.3, 0.4) is 0 Å². The lowest BCUT2D eigenvalue weighted by atomic mass is 10.2. The zero-order chi connectivity index (χ0) is 19.9. The van der Waals surface area contributed by atoms with Crippen LogP contribution in [0, 0.1) is 11.6 Å². The minimum atomic E-state index is -0.639. The summed E-state index contributed by atoms with van der Waals surface area (Å²) in [7, 11) is 2.00. The molecule has 1 aliphatic heterocycles. The van der Waals surface area contributed by atoms with E-state index in [0.29, 0.717) is 25.3 Å². The van der Waals surface area contributed by atoms with E-state index in [1.165, 1.54) is 17.6 Å². The van der Waals surface area contributed by atoms with Crippen molar-refractivity contribution in [2.24, 2.45) is 7.05 Å². The highest BCUT2D eigenvalue weighted by molar-refractivity contribution is 5.74. The Kier molecular flexibility index (Phi) is 6.95. The van der Waals surface area contributed by atoms with Gasteiger partial charge in [0.1, 0.15) is 0 Å². The van der Waals surface area contributed by atoms with E-state index in [1.54, 1.807) is 6.92 Å². The molecule has 0 spiro atoms. The molecule has 0 saturated carbocycles. The number of ether oxygens (including phenoxy) is 2. The number of para-hydroxylation sites is 2. The minimum Gasteiger partial charge on any atom is -0.488 e. The monoisotopic (exact) mass is 389 g/mol. The first-order chi connectivity index (χ1) is 13.6. The lowest BCUT2D eigenvalue weighted by Crippen LogP contribution is -2.35. The van der Waals surface area contributed by atoms with Crippen LogP contribution in [0.2, 0.25) is 0 Å². The highest BCUT2D eigenvalue weighted by atomic mass is 19.1. The number of hydrogen-bond acceptors (Lipinski definition) is 4. The summed E-state index contributed by atoms with van der Waals surface area (Å²) in [6.45, 7) is 5.39. The van der Waals surface area contributed by atoms with Gasteiger partial charge in [-0.2, -0.15) is 0 Å². The fourth-order valence-electron chi connectivity index (χ4n) is 3.09. The standard InChI is InChI=1S/C13H17F2NO2.C8H8N2/c1-2-18-13-11(14)7-10(8-12(13)15)9-16-3-5-17-6-4-16;1-10-6-9-7-4-2-3-5-8(7)10/h7-8H,2-6,9H2,1H3;2-6H,1H3. The fourth-order valence-corrected chi connectivity index (χ4v) is 3.09. The van der Waals surface area contributed by atoms with Crippen LogP contribution in [-0.2, 0) is 18.3 Å². The Morgan fingerprint density at radius 2 is 1.79 bits per heavy atom. The Hall–Kier alpha value is -2.51. The van der Waals surface area contributed by atoms with Crippen LogP contribution in [0.1, 0.15) is 12.5 Å². The van der Waals surface area contributed by atoms with Gasteiger partial charge in [0.15, 0.2) is 17.4 Å². The molecule has 1 fully saturated rings. The number of imidazole rings is 1. The van der Waals surface area contributed by atoms with Gasteiger partial charge >= 0.3 is 0 Å². The van der Waals surface area contributed by atoms with Gasteiger partial charge in [0, 0.05) is 26.7 Å². The van der Waals surface area contributed by atoms with E-state index in [0.717, 1.165) is 18.6 Å². The number of benzene rings is 2. The molecular weight excluding hydrogens is 364 g/mol. The average Bonchev–Trinajstić information content (AvgIpc) is 3.07. The molecule has 1 aliphatic rings. The average molecular weight is 389 g/mol. The Morgan fingerprint density at radius 1 is 1.11 bits per heavy atom. The molecule has 4 rings (SSSR count). The van der Waals surface area contributed by atoms with E-state index in [2.05, 4.69) is 16.0 Å². The molecule has 0 bridgehead atoms. The van der Waals surface area contributed by atoms with Gasteiger partial charge in [0.05, 0.1) is 37.2 Å². The third kappa shape index (κ3) is 5.05. The van der Waals surface area contributed by atoms with Crippen LogP contribution in [0.5, 0.6) is 5.75 Å². The van der Waals surface area contributed by atoms with Crippen molar-refractivity contribution in [2.75, 3.05) is 32.9 Å². The molecule has 0 N–H and O–H groups in total. The third-order valence-corrected chi connectivity index (χ3v) is 4.49. The van der Waals surface area contributed by atoms with E-state index in [9.17, 15) is 8.78 Å². The normalized spacial score (nSPS) is 14.6. The molecule has 28 heavy (non-hydrogen) atoms. The predicted molar refractivity (Wildman–Crippen MR) is 104 cm³/mol. The Balaban J connectivity index is 0.000000188. The molecule has 5 nitrogen and oxygen atoms in total. The predicted octanol–water partition coefficient (Wildman–Crippen LogP) is 3.77. The smallest absolute Gasteiger partial charge is 0.190 e. The van der Waals surface area contributed by atoms with Crippen molar-refractivity contribution in [3.05, 3.63) is 59.9 Å². The van der Waals surface area contributed by atoms with Gasteiger partial charge in [-0.25, -0.2) is 13.8 Å². The summed E-state index contributed by atoms with van der Waals surface area (Å²) in [5, 5.41) is 0. The highest BCUT2D eigenvalue weighted by Gasteiger charge is 2.15. The second-order valence-electron chi connectivity index (χ2n) is 6.55. The van der Waals surface area contributed by atoms with Crippen molar-refractivity contribution < 1.29 is 18.3 Å². The van der Waals surface area contributed by atoms with E-state index in [-0.39, 0.29) is 12.4 Å². The SMILES string of the molecule is CCOc1c(F)cc(CN2CCOCC2)cc1F.Cn1cnc2ccccc21. The second kappa shape index (κ2) is 9.61. The maximum absolute atomic E-state index is 13.6. The number of morpholine rings is 1. The van der Waals surface area contributed by atoms with Gasteiger partial charge in [-0.1, -0.05) is 12.1 Å². The lowest BCUT2D eigenvalue weighted by molar-refractivity contribution is 0.0341. The number of fused-ring (bicyclic) bond motifs is 1. The van der Waals surface area contributed by atoms with Crippen molar-refractivity contribution in [3.63, 3.8) is 0 Å². The summed E-state index contributed by atoms with van der Waals surface area (Å²) in [6.07, 6.45) is 1.82. The molecule has 0 unspecified atom stereocenters. The van der Waals surface area contributed by atoms with Crippen LogP contribution in [-0.4, -0.2) is 47.4 Å². The van der Waals surface area contributed by atoms with Crippen LogP contribution in [0.25, 0.3) is 11.0 Å². The topological polar surface area (TPSA) is 39.5 Å². The molecule has 2 heterocycles. The van der Waals surface area contributed by atoms with E-state index >= 15 is 0 Å². The van der Waals surface area contributed by atoms with E-state index in [1.807, 2.05) is 36.1 Å². The van der Waals surface area contributed by atoms with Gasteiger partial charge in [0.2, 0.25) is 0 Å². The summed E-state index contributed by atoms with van der Waals surface area (Å²) in [6, 6.07) is 10.8. The van der Waals surface area contributed by atoms with E-state index < -0.39 is 11.6 Å². The van der Waals surface area contributed by atoms with Gasteiger partial charge in [-0.05, 0) is 36.8 Å². The van der Waals surface area contributed by atoms with Gasteiger partial charge < -0.3 is 14.0 Å². The van der Waals surface area contributed by atoms with Crippen LogP contribution in [0.15, 0.2) is 42.7 Å². The van der Waals surface area contributed by atoms with Crippen molar-refractivity contribution in [1.82, 2.24) is 14.5 Å². The second-order valence-corrected chi connectivity index (χ2v) is 6.55. The quantitative estimate of drug-likeness (QED) is 0.681. The third-order valence-electron chi connectivity index (χ3n) is 4.49. The molecule has 1 aromatic heterocycles. The number of halogens is 2. The molecule has 150 valence electrons. The Morgan fingerprint density at radius 3 is 2.43 bits per heavy atom. The number of aromatic nitrogens is 2. The molecule has 1 saturated heterocycles. The van der Waals surface area contributed by atoms with Crippen molar-refractivity contribution in [1.29, 1.82) is 0 Å². The summed E-state index contributed by atoms with van der Waals surface area (Å²) in [5.74, 6) is -1.57. The molecular formula is C21H25F2N3O2. The summed E-state index contributed by atoms with van der Waals surface area (Å²) < 4.78 is 39.5. The molecule has 0 aliphatic carbocycles. The largest absolute Gasteiger partial charge is 0.488 e. The Bertz CT molecular complexity index is 885. The number of rotatable bonds is 4. The molecule has 3 aromatic rings. The molecule has 0 amide bonds. The first kappa shape index (κ1) is 20.2. The van der Waals surface area contributed by atoms with Crippen molar-refractivity contribution >= 4 is 11.0 Å². The minimum absolute atomic E-state index is 0.247.